The number of fused-ring (bicyclic) bond motifs is 1. The zero-order chi connectivity index (χ0) is 13.2. The SMILES string of the molecule is Cn1c(Cc2cccc(CN)c2)nc2ccccc21. The highest BCUT2D eigenvalue weighted by Gasteiger charge is 2.07. The maximum absolute atomic E-state index is 5.68. The molecule has 0 spiro atoms. The molecular weight excluding hydrogens is 234 g/mol. The molecule has 0 aliphatic carbocycles. The van der Waals surface area contributed by atoms with E-state index in [2.05, 4.69) is 48.0 Å². The second-order valence-corrected chi connectivity index (χ2v) is 4.78. The van der Waals surface area contributed by atoms with Gasteiger partial charge in [0.15, 0.2) is 0 Å². The van der Waals surface area contributed by atoms with Crippen molar-refractivity contribution in [1.82, 2.24) is 9.55 Å². The van der Waals surface area contributed by atoms with Gasteiger partial charge in [0.05, 0.1) is 11.0 Å². The first kappa shape index (κ1) is 11.9. The van der Waals surface area contributed by atoms with Gasteiger partial charge in [-0.3, -0.25) is 0 Å². The van der Waals surface area contributed by atoms with Crippen LogP contribution < -0.4 is 5.73 Å². The van der Waals surface area contributed by atoms with Crippen molar-refractivity contribution in [3.63, 3.8) is 0 Å². The molecule has 0 radical (unpaired) electrons. The Morgan fingerprint density at radius 3 is 2.63 bits per heavy atom. The second kappa shape index (κ2) is 4.86. The third-order valence-corrected chi connectivity index (χ3v) is 3.47. The molecule has 96 valence electrons. The smallest absolute Gasteiger partial charge is 0.114 e. The van der Waals surface area contributed by atoms with Crippen molar-refractivity contribution >= 4 is 11.0 Å². The third-order valence-electron chi connectivity index (χ3n) is 3.47. The van der Waals surface area contributed by atoms with E-state index in [0.717, 1.165) is 23.3 Å². The minimum atomic E-state index is 0.580. The molecule has 1 aromatic heterocycles. The Bertz CT molecular complexity index is 713. The molecule has 1 heterocycles. The van der Waals surface area contributed by atoms with E-state index in [1.165, 1.54) is 11.1 Å². The van der Waals surface area contributed by atoms with Crippen LogP contribution in [0.2, 0.25) is 0 Å². The lowest BCUT2D eigenvalue weighted by atomic mass is 10.1. The highest BCUT2D eigenvalue weighted by Crippen LogP contribution is 2.17. The van der Waals surface area contributed by atoms with Crippen molar-refractivity contribution in [2.75, 3.05) is 0 Å². The molecule has 3 aromatic rings. The lowest BCUT2D eigenvalue weighted by molar-refractivity contribution is 0.843. The molecule has 0 fully saturated rings. The third kappa shape index (κ3) is 2.25. The lowest BCUT2D eigenvalue weighted by Crippen LogP contribution is -2.01. The van der Waals surface area contributed by atoms with Crippen LogP contribution in [0, 0.1) is 0 Å². The predicted molar refractivity (Wildman–Crippen MR) is 77.9 cm³/mol. The largest absolute Gasteiger partial charge is 0.331 e. The summed E-state index contributed by atoms with van der Waals surface area (Å²) in [7, 11) is 2.07. The molecule has 0 unspecified atom stereocenters. The molecule has 2 aromatic carbocycles. The summed E-state index contributed by atoms with van der Waals surface area (Å²) >= 11 is 0. The molecule has 0 aliphatic rings. The van der Waals surface area contributed by atoms with Crippen molar-refractivity contribution in [2.24, 2.45) is 12.8 Å². The zero-order valence-corrected chi connectivity index (χ0v) is 11.0. The first-order chi connectivity index (χ1) is 9.28. The number of imidazole rings is 1. The van der Waals surface area contributed by atoms with Crippen molar-refractivity contribution in [2.45, 2.75) is 13.0 Å². The van der Waals surface area contributed by atoms with Crippen LogP contribution in [0.3, 0.4) is 0 Å². The average molecular weight is 251 g/mol. The average Bonchev–Trinajstić information content (AvgIpc) is 2.76. The van der Waals surface area contributed by atoms with Crippen LogP contribution in [0.15, 0.2) is 48.5 Å². The van der Waals surface area contributed by atoms with Gasteiger partial charge in [0.25, 0.3) is 0 Å². The Balaban J connectivity index is 1.98. The summed E-state index contributed by atoms with van der Waals surface area (Å²) in [5.74, 6) is 1.08. The highest BCUT2D eigenvalue weighted by atomic mass is 15.1. The maximum Gasteiger partial charge on any atom is 0.114 e. The Hall–Kier alpha value is -2.13. The molecule has 0 aliphatic heterocycles. The lowest BCUT2D eigenvalue weighted by Gasteiger charge is -2.04. The molecule has 0 amide bonds. The van der Waals surface area contributed by atoms with E-state index in [1.54, 1.807) is 0 Å². The van der Waals surface area contributed by atoms with Gasteiger partial charge in [0.1, 0.15) is 5.82 Å². The number of para-hydroxylation sites is 2. The fourth-order valence-electron chi connectivity index (χ4n) is 2.40. The van der Waals surface area contributed by atoms with Crippen LogP contribution in [-0.2, 0) is 20.0 Å². The highest BCUT2D eigenvalue weighted by molar-refractivity contribution is 5.75. The van der Waals surface area contributed by atoms with Crippen molar-refractivity contribution in [3.8, 4) is 0 Å². The number of rotatable bonds is 3. The fourth-order valence-corrected chi connectivity index (χ4v) is 2.40. The van der Waals surface area contributed by atoms with Crippen LogP contribution in [-0.4, -0.2) is 9.55 Å². The number of nitrogens with zero attached hydrogens (tertiary/aromatic N) is 2. The summed E-state index contributed by atoms with van der Waals surface area (Å²) in [6.45, 7) is 0.580. The molecule has 2 N–H and O–H groups in total. The fraction of sp³-hybridized carbons (Fsp3) is 0.188. The number of aromatic nitrogens is 2. The summed E-state index contributed by atoms with van der Waals surface area (Å²) in [5, 5.41) is 0. The monoisotopic (exact) mass is 251 g/mol. The summed E-state index contributed by atoms with van der Waals surface area (Å²) < 4.78 is 2.16. The van der Waals surface area contributed by atoms with Gasteiger partial charge in [0.2, 0.25) is 0 Å². The van der Waals surface area contributed by atoms with Gasteiger partial charge in [-0.05, 0) is 23.3 Å². The quantitative estimate of drug-likeness (QED) is 0.777. The van der Waals surface area contributed by atoms with Crippen LogP contribution in [0.1, 0.15) is 17.0 Å². The number of benzene rings is 2. The molecule has 3 rings (SSSR count). The van der Waals surface area contributed by atoms with Crippen LogP contribution in [0.25, 0.3) is 11.0 Å². The summed E-state index contributed by atoms with van der Waals surface area (Å²) in [4.78, 5) is 4.69. The van der Waals surface area contributed by atoms with E-state index in [1.807, 2.05) is 12.1 Å². The van der Waals surface area contributed by atoms with Crippen LogP contribution >= 0.6 is 0 Å². The Labute approximate surface area is 112 Å². The van der Waals surface area contributed by atoms with Gasteiger partial charge in [-0.2, -0.15) is 0 Å². The second-order valence-electron chi connectivity index (χ2n) is 4.78. The molecule has 3 nitrogen and oxygen atoms in total. The van der Waals surface area contributed by atoms with Gasteiger partial charge < -0.3 is 10.3 Å². The molecule has 0 atom stereocenters. The standard InChI is InChI=1S/C16H17N3/c1-19-15-8-3-2-7-14(15)18-16(19)10-12-5-4-6-13(9-12)11-17/h2-9H,10-11,17H2,1H3. The van der Waals surface area contributed by atoms with E-state index in [-0.39, 0.29) is 0 Å². The normalized spacial score (nSPS) is 11.1. The number of aryl methyl sites for hydroxylation is 1. The topological polar surface area (TPSA) is 43.8 Å². The summed E-state index contributed by atoms with van der Waals surface area (Å²) in [5.41, 5.74) is 10.3. The number of nitrogens with two attached hydrogens (primary N) is 1. The van der Waals surface area contributed by atoms with E-state index >= 15 is 0 Å². The van der Waals surface area contributed by atoms with Gasteiger partial charge in [-0.1, -0.05) is 36.4 Å². The van der Waals surface area contributed by atoms with E-state index in [9.17, 15) is 0 Å². The minimum absolute atomic E-state index is 0.580. The minimum Gasteiger partial charge on any atom is -0.331 e. The maximum atomic E-state index is 5.68. The van der Waals surface area contributed by atoms with Crippen molar-refractivity contribution in [1.29, 1.82) is 0 Å². The van der Waals surface area contributed by atoms with E-state index in [0.29, 0.717) is 6.54 Å². The van der Waals surface area contributed by atoms with Crippen molar-refractivity contribution in [3.05, 3.63) is 65.5 Å². The van der Waals surface area contributed by atoms with Crippen LogP contribution in [0.4, 0.5) is 0 Å². The Kier molecular flexibility index (Phi) is 3.05. The van der Waals surface area contributed by atoms with Crippen molar-refractivity contribution < 1.29 is 0 Å². The molecule has 0 bridgehead atoms. The van der Waals surface area contributed by atoms with E-state index < -0.39 is 0 Å². The first-order valence-electron chi connectivity index (χ1n) is 6.46. The zero-order valence-electron chi connectivity index (χ0n) is 11.0. The van der Waals surface area contributed by atoms with Crippen LogP contribution in [0.5, 0.6) is 0 Å². The number of hydrogen-bond acceptors (Lipinski definition) is 2. The predicted octanol–water partition coefficient (Wildman–Crippen LogP) is 2.62. The van der Waals surface area contributed by atoms with Gasteiger partial charge in [-0.15, -0.1) is 0 Å². The van der Waals surface area contributed by atoms with E-state index in [4.69, 9.17) is 10.7 Å². The first-order valence-corrected chi connectivity index (χ1v) is 6.46. The van der Waals surface area contributed by atoms with Gasteiger partial charge >= 0.3 is 0 Å². The van der Waals surface area contributed by atoms with Gasteiger partial charge in [-0.25, -0.2) is 4.98 Å². The molecular formula is C16H17N3. The molecule has 0 saturated heterocycles. The summed E-state index contributed by atoms with van der Waals surface area (Å²) in [6, 6.07) is 16.6. The molecule has 3 heteroatoms. The summed E-state index contributed by atoms with van der Waals surface area (Å²) in [6.07, 6.45) is 0.832. The Morgan fingerprint density at radius 1 is 1.05 bits per heavy atom. The molecule has 19 heavy (non-hydrogen) atoms. The Morgan fingerprint density at radius 2 is 1.84 bits per heavy atom. The molecule has 0 saturated carbocycles. The van der Waals surface area contributed by atoms with Gasteiger partial charge in [0, 0.05) is 20.0 Å². The number of hydrogen-bond donors (Lipinski definition) is 1.